The molecule has 0 saturated heterocycles. The highest BCUT2D eigenvalue weighted by Gasteiger charge is 2.39. The highest BCUT2D eigenvalue weighted by atomic mass is 28.4. The molecule has 6 nitrogen and oxygen atoms in total. The standard InChI is InChI=1S/C30H41FN2O4Si/c1-29(2,3)36-28(34)33(7)23-13-10-21(11-14-23)26-16-12-22-18-24(15-17-27(22)32-26)35-20-25(19-31)37-38(8,9)30(4,5)6/h10-18,25H,19-20H2,1-9H3. The first-order valence-electron chi connectivity index (χ1n) is 12.9. The molecule has 0 bridgehead atoms. The first kappa shape index (κ1) is 29.6. The molecule has 38 heavy (non-hydrogen) atoms. The molecule has 1 amide bonds. The second-order valence-corrected chi connectivity index (χ2v) is 16.9. The predicted octanol–water partition coefficient (Wildman–Crippen LogP) is 8.01. The van der Waals surface area contributed by atoms with Gasteiger partial charge in [-0.2, -0.15) is 0 Å². The van der Waals surface area contributed by atoms with Crippen molar-refractivity contribution in [3.8, 4) is 17.0 Å². The normalized spacial score (nSPS) is 13.3. The van der Waals surface area contributed by atoms with Crippen LogP contribution in [0.5, 0.6) is 5.75 Å². The molecule has 2 aromatic carbocycles. The minimum absolute atomic E-state index is 0.00108. The molecule has 8 heteroatoms. The first-order valence-corrected chi connectivity index (χ1v) is 15.8. The fourth-order valence-electron chi connectivity index (χ4n) is 3.54. The van der Waals surface area contributed by atoms with Gasteiger partial charge in [-0.05, 0) is 75.3 Å². The van der Waals surface area contributed by atoms with Gasteiger partial charge >= 0.3 is 6.09 Å². The summed E-state index contributed by atoms with van der Waals surface area (Å²) in [5.41, 5.74) is 2.75. The number of anilines is 1. The SMILES string of the molecule is CN(C(=O)OC(C)(C)C)c1ccc(-c2ccc3cc(OCC(CF)O[Si](C)(C)C(C)(C)C)ccc3n2)cc1. The maximum absolute atomic E-state index is 13.7. The number of amides is 1. The zero-order chi connectivity index (χ0) is 28.3. The van der Waals surface area contributed by atoms with Crippen LogP contribution in [0.2, 0.25) is 18.1 Å². The van der Waals surface area contributed by atoms with Gasteiger partial charge in [0.15, 0.2) is 8.32 Å². The predicted molar refractivity (Wildman–Crippen MR) is 155 cm³/mol. The van der Waals surface area contributed by atoms with Gasteiger partial charge in [-0.25, -0.2) is 14.2 Å². The Morgan fingerprint density at radius 2 is 1.66 bits per heavy atom. The van der Waals surface area contributed by atoms with Crippen LogP contribution in [-0.4, -0.2) is 51.4 Å². The highest BCUT2D eigenvalue weighted by Crippen LogP contribution is 2.37. The molecule has 0 N–H and O–H groups in total. The number of hydrogen-bond donors (Lipinski definition) is 0. The van der Waals surface area contributed by atoms with E-state index < -0.39 is 32.8 Å². The van der Waals surface area contributed by atoms with Crippen molar-refractivity contribution in [2.75, 3.05) is 25.2 Å². The molecule has 206 valence electrons. The van der Waals surface area contributed by atoms with Crippen molar-refractivity contribution >= 4 is 31.0 Å². The summed E-state index contributed by atoms with van der Waals surface area (Å²) in [4.78, 5) is 18.6. The number of halogens is 1. The summed E-state index contributed by atoms with van der Waals surface area (Å²) < 4.78 is 31.2. The lowest BCUT2D eigenvalue weighted by atomic mass is 10.1. The number of pyridine rings is 1. The number of carbonyl (C=O) groups excluding carboxylic acids is 1. The van der Waals surface area contributed by atoms with Crippen LogP contribution in [0, 0.1) is 0 Å². The van der Waals surface area contributed by atoms with Crippen LogP contribution in [0.4, 0.5) is 14.9 Å². The van der Waals surface area contributed by atoms with E-state index in [2.05, 4.69) is 33.9 Å². The van der Waals surface area contributed by atoms with Gasteiger partial charge < -0.3 is 13.9 Å². The van der Waals surface area contributed by atoms with Gasteiger partial charge in [0.2, 0.25) is 0 Å². The third-order valence-corrected chi connectivity index (χ3v) is 11.3. The lowest BCUT2D eigenvalue weighted by Gasteiger charge is -2.38. The van der Waals surface area contributed by atoms with E-state index in [1.165, 1.54) is 4.90 Å². The van der Waals surface area contributed by atoms with Crippen LogP contribution in [0.25, 0.3) is 22.2 Å². The van der Waals surface area contributed by atoms with Crippen LogP contribution < -0.4 is 9.64 Å². The Labute approximate surface area is 227 Å². The number of nitrogens with zero attached hydrogens (tertiary/aromatic N) is 2. The lowest BCUT2D eigenvalue weighted by Crippen LogP contribution is -2.46. The van der Waals surface area contributed by atoms with Crippen molar-refractivity contribution in [3.63, 3.8) is 0 Å². The van der Waals surface area contributed by atoms with Crippen LogP contribution >= 0.6 is 0 Å². The smallest absolute Gasteiger partial charge is 0.414 e. The monoisotopic (exact) mass is 540 g/mol. The van der Waals surface area contributed by atoms with Gasteiger partial charge in [0.1, 0.15) is 30.7 Å². The van der Waals surface area contributed by atoms with Gasteiger partial charge in [-0.15, -0.1) is 0 Å². The quantitative estimate of drug-likeness (QED) is 0.271. The van der Waals surface area contributed by atoms with Crippen LogP contribution in [-0.2, 0) is 9.16 Å². The molecule has 1 heterocycles. The molecule has 0 saturated carbocycles. The van der Waals surface area contributed by atoms with E-state index in [1.807, 2.05) is 75.4 Å². The van der Waals surface area contributed by atoms with Crippen molar-refractivity contribution < 1.29 is 23.1 Å². The first-order chi connectivity index (χ1) is 17.6. The number of alkyl halides is 1. The van der Waals surface area contributed by atoms with Gasteiger partial charge in [0, 0.05) is 23.7 Å². The molecule has 1 atom stereocenters. The molecular formula is C30H41FN2O4Si. The molecule has 0 radical (unpaired) electrons. The third kappa shape index (κ3) is 7.54. The molecule has 1 aromatic heterocycles. The summed E-state index contributed by atoms with van der Waals surface area (Å²) in [5.74, 6) is 0.652. The minimum atomic E-state index is -2.09. The molecule has 0 spiro atoms. The maximum Gasteiger partial charge on any atom is 0.414 e. The van der Waals surface area contributed by atoms with Crippen molar-refractivity contribution in [2.45, 2.75) is 71.4 Å². The molecule has 0 aliphatic heterocycles. The summed E-state index contributed by atoms with van der Waals surface area (Å²) in [7, 11) is -0.404. The number of hydrogen-bond acceptors (Lipinski definition) is 5. The lowest BCUT2D eigenvalue weighted by molar-refractivity contribution is 0.0589. The summed E-state index contributed by atoms with van der Waals surface area (Å²) in [6, 6.07) is 17.2. The Morgan fingerprint density at radius 3 is 2.24 bits per heavy atom. The summed E-state index contributed by atoms with van der Waals surface area (Å²) >= 11 is 0. The highest BCUT2D eigenvalue weighted by molar-refractivity contribution is 6.74. The Kier molecular flexibility index (Phi) is 8.88. The van der Waals surface area contributed by atoms with Crippen molar-refractivity contribution in [2.24, 2.45) is 0 Å². The van der Waals surface area contributed by atoms with Gasteiger partial charge in [0.25, 0.3) is 0 Å². The molecular weight excluding hydrogens is 499 g/mol. The van der Waals surface area contributed by atoms with E-state index in [4.69, 9.17) is 18.9 Å². The number of rotatable bonds is 8. The number of fused-ring (bicyclic) bond motifs is 1. The molecule has 0 aliphatic rings. The van der Waals surface area contributed by atoms with Crippen molar-refractivity contribution in [1.29, 1.82) is 0 Å². The molecule has 3 rings (SSSR count). The number of carbonyl (C=O) groups is 1. The molecule has 1 unspecified atom stereocenters. The zero-order valence-corrected chi connectivity index (χ0v) is 25.1. The van der Waals surface area contributed by atoms with E-state index in [1.54, 1.807) is 7.05 Å². The Hall–Kier alpha value is -2.97. The van der Waals surface area contributed by atoms with Crippen molar-refractivity contribution in [3.05, 3.63) is 54.6 Å². The summed E-state index contributed by atoms with van der Waals surface area (Å²) in [6.07, 6.45) is -0.999. The average molecular weight is 541 g/mol. The maximum atomic E-state index is 13.7. The summed E-state index contributed by atoms with van der Waals surface area (Å²) in [5, 5.41) is 0.927. The fraction of sp³-hybridized carbons (Fsp3) is 0.467. The Balaban J connectivity index is 1.69. The summed E-state index contributed by atoms with van der Waals surface area (Å²) in [6.45, 7) is 15.7. The Morgan fingerprint density at radius 1 is 1.00 bits per heavy atom. The minimum Gasteiger partial charge on any atom is -0.491 e. The van der Waals surface area contributed by atoms with Gasteiger partial charge in [0.05, 0.1) is 11.2 Å². The second kappa shape index (κ2) is 11.4. The molecule has 0 aliphatic carbocycles. The van der Waals surface area contributed by atoms with E-state index in [-0.39, 0.29) is 11.6 Å². The second-order valence-electron chi connectivity index (χ2n) is 12.1. The molecule has 0 fully saturated rings. The zero-order valence-electron chi connectivity index (χ0n) is 24.1. The largest absolute Gasteiger partial charge is 0.491 e. The fourth-order valence-corrected chi connectivity index (χ4v) is 4.86. The van der Waals surface area contributed by atoms with E-state index in [0.29, 0.717) is 5.75 Å². The third-order valence-electron chi connectivity index (χ3n) is 6.75. The van der Waals surface area contributed by atoms with Crippen LogP contribution in [0.3, 0.4) is 0 Å². The van der Waals surface area contributed by atoms with Crippen molar-refractivity contribution in [1.82, 2.24) is 4.98 Å². The number of ether oxygens (including phenoxy) is 2. The Bertz CT molecular complexity index is 1250. The number of benzene rings is 2. The van der Waals surface area contributed by atoms with E-state index >= 15 is 0 Å². The van der Waals surface area contributed by atoms with Crippen LogP contribution in [0.15, 0.2) is 54.6 Å². The van der Waals surface area contributed by atoms with Crippen LogP contribution in [0.1, 0.15) is 41.5 Å². The average Bonchev–Trinajstić information content (AvgIpc) is 2.84. The van der Waals surface area contributed by atoms with E-state index in [0.717, 1.165) is 27.8 Å². The van der Waals surface area contributed by atoms with Gasteiger partial charge in [-0.1, -0.05) is 39.0 Å². The van der Waals surface area contributed by atoms with Gasteiger partial charge in [-0.3, -0.25) is 4.90 Å². The number of aromatic nitrogens is 1. The molecule has 3 aromatic rings. The topological polar surface area (TPSA) is 60.9 Å². The van der Waals surface area contributed by atoms with E-state index in [9.17, 15) is 9.18 Å².